The number of nitrogens with zero attached hydrogens (tertiary/aromatic N) is 1. The first-order valence-corrected chi connectivity index (χ1v) is 12.4. The van der Waals surface area contributed by atoms with Crippen LogP contribution in [0.2, 0.25) is 0 Å². The van der Waals surface area contributed by atoms with Gasteiger partial charge in [0.25, 0.3) is 0 Å². The normalized spacial score (nSPS) is 17.0. The molecule has 0 bridgehead atoms. The number of nitrogens with one attached hydrogen (secondary N) is 1. The largest absolute Gasteiger partial charge is 0.493 e. The third-order valence-corrected chi connectivity index (χ3v) is 7.58. The molecule has 1 fully saturated rings. The van der Waals surface area contributed by atoms with Gasteiger partial charge in [-0.2, -0.15) is 4.31 Å². The Morgan fingerprint density at radius 1 is 1.00 bits per heavy atom. The van der Waals surface area contributed by atoms with Crippen LogP contribution in [-0.4, -0.2) is 45.4 Å². The van der Waals surface area contributed by atoms with Gasteiger partial charge < -0.3 is 14.8 Å². The van der Waals surface area contributed by atoms with Gasteiger partial charge in [-0.05, 0) is 61.1 Å². The number of aryl methyl sites for hydroxylation is 1. The first-order chi connectivity index (χ1) is 15.4. The maximum absolute atomic E-state index is 13.7. The molecule has 32 heavy (non-hydrogen) atoms. The van der Waals surface area contributed by atoms with E-state index in [1.54, 1.807) is 37.4 Å². The molecule has 0 aromatic heterocycles. The Bertz CT molecular complexity index is 1020. The molecule has 1 amide bonds. The molecule has 1 aliphatic heterocycles. The standard InChI is InChI=1S/C24H32N2O5S/c1-4-7-18-9-12-20(13-10-18)32(28,29)26(21-8-5-6-15-25-24(21)27)17-19-11-14-22(30-2)23(16-19)31-3/h9-14,16,21H,4-8,15,17H2,1-3H3,(H,25,27). The Hall–Kier alpha value is -2.58. The van der Waals surface area contributed by atoms with E-state index in [2.05, 4.69) is 12.2 Å². The molecule has 3 rings (SSSR count). The van der Waals surface area contributed by atoms with Crippen molar-refractivity contribution in [2.45, 2.75) is 56.5 Å². The molecule has 0 spiro atoms. The maximum Gasteiger partial charge on any atom is 0.244 e. The van der Waals surface area contributed by atoms with Gasteiger partial charge in [-0.1, -0.05) is 31.5 Å². The van der Waals surface area contributed by atoms with E-state index in [-0.39, 0.29) is 17.3 Å². The quantitative estimate of drug-likeness (QED) is 0.619. The summed E-state index contributed by atoms with van der Waals surface area (Å²) in [7, 11) is -0.832. The van der Waals surface area contributed by atoms with Crippen LogP contribution in [0.5, 0.6) is 11.5 Å². The van der Waals surface area contributed by atoms with Crippen LogP contribution < -0.4 is 14.8 Å². The number of carbonyl (C=O) groups is 1. The van der Waals surface area contributed by atoms with Crippen molar-refractivity contribution in [3.8, 4) is 11.5 Å². The fraction of sp³-hybridized carbons (Fsp3) is 0.458. The number of sulfonamides is 1. The minimum atomic E-state index is -3.91. The minimum Gasteiger partial charge on any atom is -0.493 e. The van der Waals surface area contributed by atoms with Gasteiger partial charge in [0.1, 0.15) is 6.04 Å². The Kier molecular flexibility index (Phi) is 8.15. The molecule has 174 valence electrons. The molecule has 8 heteroatoms. The third kappa shape index (κ3) is 5.42. The van der Waals surface area contributed by atoms with E-state index < -0.39 is 16.1 Å². The van der Waals surface area contributed by atoms with E-state index in [4.69, 9.17) is 9.47 Å². The van der Waals surface area contributed by atoms with E-state index in [1.165, 1.54) is 11.4 Å². The van der Waals surface area contributed by atoms with Gasteiger partial charge in [-0.25, -0.2) is 8.42 Å². The van der Waals surface area contributed by atoms with E-state index in [9.17, 15) is 13.2 Å². The zero-order valence-corrected chi connectivity index (χ0v) is 19.8. The van der Waals surface area contributed by atoms with Crippen molar-refractivity contribution in [3.63, 3.8) is 0 Å². The van der Waals surface area contributed by atoms with Crippen molar-refractivity contribution >= 4 is 15.9 Å². The van der Waals surface area contributed by atoms with Crippen LogP contribution in [0.25, 0.3) is 0 Å². The lowest BCUT2D eigenvalue weighted by Crippen LogP contribution is -2.48. The summed E-state index contributed by atoms with van der Waals surface area (Å²) in [6, 6.07) is 11.5. The van der Waals surface area contributed by atoms with Gasteiger partial charge in [-0.15, -0.1) is 0 Å². The van der Waals surface area contributed by atoms with Crippen LogP contribution in [0.3, 0.4) is 0 Å². The van der Waals surface area contributed by atoms with Crippen LogP contribution in [0.4, 0.5) is 0 Å². The minimum absolute atomic E-state index is 0.0531. The van der Waals surface area contributed by atoms with Gasteiger partial charge in [0.05, 0.1) is 19.1 Å². The molecule has 1 atom stereocenters. The second-order valence-corrected chi connectivity index (χ2v) is 9.83. The second-order valence-electron chi connectivity index (χ2n) is 7.94. The molecule has 1 aliphatic rings. The first-order valence-electron chi connectivity index (χ1n) is 11.0. The Morgan fingerprint density at radius 2 is 1.69 bits per heavy atom. The Morgan fingerprint density at radius 3 is 2.34 bits per heavy atom. The Balaban J connectivity index is 2.01. The van der Waals surface area contributed by atoms with Crippen molar-refractivity contribution in [1.29, 1.82) is 0 Å². The summed E-state index contributed by atoms with van der Waals surface area (Å²) < 4.78 is 39.5. The van der Waals surface area contributed by atoms with Crippen molar-refractivity contribution < 1.29 is 22.7 Å². The molecular weight excluding hydrogens is 428 g/mol. The zero-order chi connectivity index (χ0) is 23.1. The molecular formula is C24H32N2O5S. The van der Waals surface area contributed by atoms with Gasteiger partial charge in [0, 0.05) is 13.1 Å². The van der Waals surface area contributed by atoms with Crippen LogP contribution in [0.15, 0.2) is 47.4 Å². The summed E-state index contributed by atoms with van der Waals surface area (Å²) in [6.45, 7) is 2.70. The lowest BCUT2D eigenvalue weighted by molar-refractivity contribution is -0.124. The van der Waals surface area contributed by atoms with Gasteiger partial charge >= 0.3 is 0 Å². The smallest absolute Gasteiger partial charge is 0.244 e. The third-order valence-electron chi connectivity index (χ3n) is 5.71. The molecule has 1 unspecified atom stereocenters. The Labute approximate surface area is 190 Å². The summed E-state index contributed by atoms with van der Waals surface area (Å²) >= 11 is 0. The summed E-state index contributed by atoms with van der Waals surface area (Å²) in [5.74, 6) is 0.815. The number of rotatable bonds is 9. The first kappa shape index (κ1) is 24.1. The van der Waals surface area contributed by atoms with E-state index in [0.29, 0.717) is 30.0 Å². The highest BCUT2D eigenvalue weighted by molar-refractivity contribution is 7.89. The van der Waals surface area contributed by atoms with E-state index >= 15 is 0 Å². The summed E-state index contributed by atoms with van der Waals surface area (Å²) in [6.07, 6.45) is 3.96. The van der Waals surface area contributed by atoms with Crippen LogP contribution in [0.1, 0.15) is 43.7 Å². The predicted octanol–water partition coefficient (Wildman–Crippen LogP) is 3.52. The summed E-state index contributed by atoms with van der Waals surface area (Å²) in [5, 5.41) is 2.86. The van der Waals surface area contributed by atoms with Crippen LogP contribution >= 0.6 is 0 Å². The fourth-order valence-electron chi connectivity index (χ4n) is 3.97. The second kappa shape index (κ2) is 10.8. The summed E-state index contributed by atoms with van der Waals surface area (Å²) in [5.41, 5.74) is 1.80. The number of amides is 1. The van der Waals surface area contributed by atoms with Crippen LogP contribution in [0, 0.1) is 0 Å². The van der Waals surface area contributed by atoms with E-state index in [0.717, 1.165) is 31.2 Å². The van der Waals surface area contributed by atoms with Gasteiger partial charge in [0.2, 0.25) is 15.9 Å². The average molecular weight is 461 g/mol. The number of benzene rings is 2. The zero-order valence-electron chi connectivity index (χ0n) is 19.0. The molecule has 2 aromatic rings. The molecule has 1 saturated heterocycles. The highest BCUT2D eigenvalue weighted by Crippen LogP contribution is 2.30. The van der Waals surface area contributed by atoms with Crippen molar-refractivity contribution in [1.82, 2.24) is 9.62 Å². The molecule has 0 radical (unpaired) electrons. The number of methoxy groups -OCH3 is 2. The van der Waals surface area contributed by atoms with Crippen molar-refractivity contribution in [2.75, 3.05) is 20.8 Å². The van der Waals surface area contributed by atoms with Crippen molar-refractivity contribution in [2.24, 2.45) is 0 Å². The summed E-state index contributed by atoms with van der Waals surface area (Å²) in [4.78, 5) is 13.0. The number of hydrogen-bond donors (Lipinski definition) is 1. The van der Waals surface area contributed by atoms with Crippen molar-refractivity contribution in [3.05, 3.63) is 53.6 Å². The highest BCUT2D eigenvalue weighted by Gasteiger charge is 2.36. The maximum atomic E-state index is 13.7. The fourth-order valence-corrected chi connectivity index (χ4v) is 5.58. The predicted molar refractivity (Wildman–Crippen MR) is 123 cm³/mol. The lowest BCUT2D eigenvalue weighted by atomic mass is 10.1. The lowest BCUT2D eigenvalue weighted by Gasteiger charge is -2.29. The molecule has 0 aliphatic carbocycles. The molecule has 2 aromatic carbocycles. The highest BCUT2D eigenvalue weighted by atomic mass is 32.2. The molecule has 0 saturated carbocycles. The average Bonchev–Trinajstić information content (AvgIpc) is 3.01. The molecule has 1 heterocycles. The van der Waals surface area contributed by atoms with Gasteiger partial charge in [-0.3, -0.25) is 4.79 Å². The molecule has 1 N–H and O–H groups in total. The van der Waals surface area contributed by atoms with Gasteiger partial charge in [0.15, 0.2) is 11.5 Å². The number of ether oxygens (including phenoxy) is 2. The molecule has 7 nitrogen and oxygen atoms in total. The number of carbonyl (C=O) groups excluding carboxylic acids is 1. The monoisotopic (exact) mass is 460 g/mol. The topological polar surface area (TPSA) is 84.9 Å². The number of hydrogen-bond acceptors (Lipinski definition) is 5. The SMILES string of the molecule is CCCc1ccc(S(=O)(=O)N(Cc2ccc(OC)c(OC)c2)C2CCCCNC2=O)cc1. The van der Waals surface area contributed by atoms with Crippen LogP contribution in [-0.2, 0) is 27.8 Å². The van der Waals surface area contributed by atoms with E-state index in [1.807, 2.05) is 12.1 Å².